The smallest absolute Gasteiger partial charge is 0.407 e. The summed E-state index contributed by atoms with van der Waals surface area (Å²) in [7, 11) is 0. The predicted molar refractivity (Wildman–Crippen MR) is 89.9 cm³/mol. The van der Waals surface area contributed by atoms with Gasteiger partial charge >= 0.3 is 6.09 Å². The van der Waals surface area contributed by atoms with E-state index in [1.54, 1.807) is 0 Å². The fourth-order valence-electron chi connectivity index (χ4n) is 2.21. The van der Waals surface area contributed by atoms with E-state index in [1.165, 1.54) is 12.1 Å². The molecule has 25 heavy (non-hydrogen) atoms. The van der Waals surface area contributed by atoms with Crippen LogP contribution < -0.4 is 11.1 Å². The summed E-state index contributed by atoms with van der Waals surface area (Å²) >= 11 is 0. The van der Waals surface area contributed by atoms with Crippen molar-refractivity contribution in [3.63, 3.8) is 0 Å². The highest BCUT2D eigenvalue weighted by molar-refractivity contribution is 5.67. The standard InChI is InChI=1S/C18H21FN2O4/c19-15-8-13(6-7-14(15)9-20)17(23)16(22)10-21-18(24)25-11-12-4-2-1-3-5-12/h1-8,16-17,22-23H,9-11,20H2,(H,21,24). The number of nitrogens with two attached hydrogens (primary N) is 1. The van der Waals surface area contributed by atoms with E-state index in [1.807, 2.05) is 30.3 Å². The number of nitrogens with one attached hydrogen (secondary N) is 1. The Balaban J connectivity index is 1.81. The second kappa shape index (κ2) is 9.12. The van der Waals surface area contributed by atoms with Gasteiger partial charge in [0.05, 0.1) is 0 Å². The third-order valence-electron chi connectivity index (χ3n) is 3.67. The van der Waals surface area contributed by atoms with E-state index < -0.39 is 24.1 Å². The van der Waals surface area contributed by atoms with Crippen LogP contribution in [0.1, 0.15) is 22.8 Å². The number of carbonyl (C=O) groups excluding carboxylic acids is 1. The van der Waals surface area contributed by atoms with Gasteiger partial charge in [0.2, 0.25) is 0 Å². The van der Waals surface area contributed by atoms with E-state index in [4.69, 9.17) is 10.5 Å². The molecule has 2 atom stereocenters. The van der Waals surface area contributed by atoms with Gasteiger partial charge in [0.25, 0.3) is 0 Å². The van der Waals surface area contributed by atoms with E-state index in [0.29, 0.717) is 5.56 Å². The number of amides is 1. The number of hydrogen-bond acceptors (Lipinski definition) is 5. The van der Waals surface area contributed by atoms with E-state index in [-0.39, 0.29) is 25.3 Å². The lowest BCUT2D eigenvalue weighted by atomic mass is 10.0. The third kappa shape index (κ3) is 5.53. The number of ether oxygens (including phenoxy) is 1. The third-order valence-corrected chi connectivity index (χ3v) is 3.67. The monoisotopic (exact) mass is 348 g/mol. The Morgan fingerprint density at radius 2 is 1.92 bits per heavy atom. The minimum Gasteiger partial charge on any atom is -0.445 e. The van der Waals surface area contributed by atoms with Crippen LogP contribution in [0.2, 0.25) is 0 Å². The molecule has 0 radical (unpaired) electrons. The molecule has 6 nitrogen and oxygen atoms in total. The molecule has 0 fully saturated rings. The van der Waals surface area contributed by atoms with Gasteiger partial charge in [-0.25, -0.2) is 9.18 Å². The first-order chi connectivity index (χ1) is 12.0. The Morgan fingerprint density at radius 1 is 1.20 bits per heavy atom. The summed E-state index contributed by atoms with van der Waals surface area (Å²) in [6.45, 7) is -0.105. The Labute approximate surface area is 145 Å². The zero-order chi connectivity index (χ0) is 18.2. The van der Waals surface area contributed by atoms with Gasteiger partial charge in [-0.15, -0.1) is 0 Å². The van der Waals surface area contributed by atoms with Crippen molar-refractivity contribution in [2.24, 2.45) is 5.73 Å². The Hall–Kier alpha value is -2.48. The Morgan fingerprint density at radius 3 is 2.56 bits per heavy atom. The number of benzene rings is 2. The molecule has 2 aromatic carbocycles. The second-order valence-electron chi connectivity index (χ2n) is 5.51. The summed E-state index contributed by atoms with van der Waals surface area (Å²) in [6, 6.07) is 13.2. The van der Waals surface area contributed by atoms with Crippen LogP contribution in [-0.2, 0) is 17.9 Å². The number of alkyl carbamates (subject to hydrolysis) is 1. The molecule has 0 aliphatic rings. The van der Waals surface area contributed by atoms with Crippen molar-refractivity contribution >= 4 is 6.09 Å². The Bertz CT molecular complexity index is 697. The van der Waals surface area contributed by atoms with Crippen LogP contribution in [-0.4, -0.2) is 29.0 Å². The van der Waals surface area contributed by atoms with Crippen molar-refractivity contribution in [2.45, 2.75) is 25.4 Å². The van der Waals surface area contributed by atoms with Crippen molar-refractivity contribution in [3.05, 3.63) is 71.0 Å². The number of carbonyl (C=O) groups is 1. The average molecular weight is 348 g/mol. The molecule has 7 heteroatoms. The first-order valence-electron chi connectivity index (χ1n) is 7.80. The van der Waals surface area contributed by atoms with Crippen molar-refractivity contribution in [1.82, 2.24) is 5.32 Å². The average Bonchev–Trinajstić information content (AvgIpc) is 2.64. The quantitative estimate of drug-likeness (QED) is 0.608. The maximum atomic E-state index is 13.7. The first-order valence-corrected chi connectivity index (χ1v) is 7.80. The van der Waals surface area contributed by atoms with E-state index in [0.717, 1.165) is 11.6 Å². The molecule has 2 aromatic rings. The summed E-state index contributed by atoms with van der Waals surface area (Å²) in [5.41, 5.74) is 6.71. The number of aliphatic hydroxyl groups is 2. The molecule has 5 N–H and O–H groups in total. The highest BCUT2D eigenvalue weighted by atomic mass is 19.1. The lowest BCUT2D eigenvalue weighted by Gasteiger charge is -2.19. The van der Waals surface area contributed by atoms with Crippen LogP contribution in [0.15, 0.2) is 48.5 Å². The van der Waals surface area contributed by atoms with Gasteiger partial charge in [0.1, 0.15) is 24.6 Å². The van der Waals surface area contributed by atoms with Gasteiger partial charge < -0.3 is 26.0 Å². The van der Waals surface area contributed by atoms with Gasteiger partial charge in [0.15, 0.2) is 0 Å². The van der Waals surface area contributed by atoms with Crippen LogP contribution in [0, 0.1) is 5.82 Å². The Kier molecular flexibility index (Phi) is 6.88. The van der Waals surface area contributed by atoms with Gasteiger partial charge in [-0.05, 0) is 17.2 Å². The van der Waals surface area contributed by atoms with E-state index in [9.17, 15) is 19.4 Å². The van der Waals surface area contributed by atoms with Crippen molar-refractivity contribution < 1.29 is 24.1 Å². The molecule has 1 amide bonds. The predicted octanol–water partition coefficient (Wildman–Crippen LogP) is 1.61. The first kappa shape index (κ1) is 18.9. The fourth-order valence-corrected chi connectivity index (χ4v) is 2.21. The molecular weight excluding hydrogens is 327 g/mol. The minimum atomic E-state index is -1.35. The van der Waals surface area contributed by atoms with Crippen molar-refractivity contribution in [2.75, 3.05) is 6.54 Å². The van der Waals surface area contributed by atoms with Gasteiger partial charge in [-0.2, -0.15) is 0 Å². The van der Waals surface area contributed by atoms with Crippen LogP contribution in [0.25, 0.3) is 0 Å². The lowest BCUT2D eigenvalue weighted by molar-refractivity contribution is 0.0182. The largest absolute Gasteiger partial charge is 0.445 e. The number of aliphatic hydroxyl groups excluding tert-OH is 2. The summed E-state index contributed by atoms with van der Waals surface area (Å²) in [6.07, 6.45) is -3.39. The molecule has 2 rings (SSSR count). The molecule has 0 bridgehead atoms. The van der Waals surface area contributed by atoms with Gasteiger partial charge in [0, 0.05) is 18.7 Å². The highest BCUT2D eigenvalue weighted by Crippen LogP contribution is 2.19. The molecule has 0 aliphatic heterocycles. The van der Waals surface area contributed by atoms with Crippen LogP contribution >= 0.6 is 0 Å². The highest BCUT2D eigenvalue weighted by Gasteiger charge is 2.20. The normalized spacial score (nSPS) is 13.1. The van der Waals surface area contributed by atoms with Crippen LogP contribution in [0.5, 0.6) is 0 Å². The number of hydrogen-bond donors (Lipinski definition) is 4. The molecule has 0 saturated heterocycles. The SMILES string of the molecule is NCc1ccc(C(O)C(O)CNC(=O)OCc2ccccc2)cc1F. The van der Waals surface area contributed by atoms with E-state index in [2.05, 4.69) is 5.32 Å². The summed E-state index contributed by atoms with van der Waals surface area (Å²) in [5, 5.41) is 22.4. The van der Waals surface area contributed by atoms with Crippen LogP contribution in [0.4, 0.5) is 9.18 Å². The molecule has 2 unspecified atom stereocenters. The number of halogens is 1. The maximum absolute atomic E-state index is 13.7. The summed E-state index contributed by atoms with van der Waals surface area (Å²) < 4.78 is 18.7. The maximum Gasteiger partial charge on any atom is 0.407 e. The molecule has 134 valence electrons. The van der Waals surface area contributed by atoms with Crippen molar-refractivity contribution in [3.8, 4) is 0 Å². The number of rotatable bonds is 7. The zero-order valence-electron chi connectivity index (χ0n) is 13.6. The minimum absolute atomic E-state index is 0.0412. The van der Waals surface area contributed by atoms with Gasteiger partial charge in [-0.3, -0.25) is 0 Å². The summed E-state index contributed by atoms with van der Waals surface area (Å²) in [5.74, 6) is -0.554. The summed E-state index contributed by atoms with van der Waals surface area (Å²) in [4.78, 5) is 11.6. The van der Waals surface area contributed by atoms with E-state index >= 15 is 0 Å². The molecule has 0 aliphatic carbocycles. The van der Waals surface area contributed by atoms with Gasteiger partial charge in [-0.1, -0.05) is 42.5 Å². The lowest BCUT2D eigenvalue weighted by Crippen LogP contribution is -2.35. The molecule has 0 heterocycles. The fraction of sp³-hybridized carbons (Fsp3) is 0.278. The molecule has 0 saturated carbocycles. The molecule has 0 aromatic heterocycles. The topological polar surface area (TPSA) is 105 Å². The molecular formula is C18H21FN2O4. The second-order valence-corrected chi connectivity index (χ2v) is 5.51. The zero-order valence-corrected chi connectivity index (χ0v) is 13.6. The van der Waals surface area contributed by atoms with Crippen molar-refractivity contribution in [1.29, 1.82) is 0 Å². The van der Waals surface area contributed by atoms with Crippen LogP contribution in [0.3, 0.4) is 0 Å². The molecule has 0 spiro atoms.